The highest BCUT2D eigenvalue weighted by molar-refractivity contribution is 7.85. The SMILES string of the molecule is COCCCS(=O)C1CCOC1C. The summed E-state index contributed by atoms with van der Waals surface area (Å²) in [6.07, 6.45) is 2.00. The molecule has 3 nitrogen and oxygen atoms in total. The fourth-order valence-corrected chi connectivity index (χ4v) is 3.12. The van der Waals surface area contributed by atoms with Crippen LogP contribution in [-0.4, -0.2) is 41.6 Å². The average molecular weight is 206 g/mol. The van der Waals surface area contributed by atoms with Gasteiger partial charge in [-0.1, -0.05) is 0 Å². The first-order valence-corrected chi connectivity index (χ1v) is 6.11. The lowest BCUT2D eigenvalue weighted by molar-refractivity contribution is 0.127. The van der Waals surface area contributed by atoms with Crippen LogP contribution < -0.4 is 0 Å². The van der Waals surface area contributed by atoms with Gasteiger partial charge >= 0.3 is 0 Å². The van der Waals surface area contributed by atoms with Gasteiger partial charge in [0.15, 0.2) is 0 Å². The van der Waals surface area contributed by atoms with E-state index in [4.69, 9.17) is 9.47 Å². The summed E-state index contributed by atoms with van der Waals surface area (Å²) < 4.78 is 22.0. The first-order valence-electron chi connectivity index (χ1n) is 4.73. The van der Waals surface area contributed by atoms with E-state index < -0.39 is 10.8 Å². The monoisotopic (exact) mass is 206 g/mol. The quantitative estimate of drug-likeness (QED) is 0.628. The Labute approximate surface area is 82.3 Å². The Balaban J connectivity index is 2.22. The van der Waals surface area contributed by atoms with Crippen molar-refractivity contribution in [2.24, 2.45) is 0 Å². The zero-order valence-electron chi connectivity index (χ0n) is 8.32. The molecule has 0 aromatic rings. The van der Waals surface area contributed by atoms with Crippen LogP contribution in [0, 0.1) is 0 Å². The van der Waals surface area contributed by atoms with Crippen LogP contribution in [-0.2, 0) is 20.3 Å². The number of methoxy groups -OCH3 is 1. The Hall–Kier alpha value is 0.0700. The average Bonchev–Trinajstić information content (AvgIpc) is 2.52. The van der Waals surface area contributed by atoms with Crippen molar-refractivity contribution in [2.75, 3.05) is 26.1 Å². The van der Waals surface area contributed by atoms with Crippen LogP contribution in [0.15, 0.2) is 0 Å². The third kappa shape index (κ3) is 3.37. The Bertz CT molecular complexity index is 172. The zero-order chi connectivity index (χ0) is 9.68. The molecule has 0 aromatic heterocycles. The standard InChI is InChI=1S/C9H18O3S/c1-8-9(4-6-12-8)13(10)7-3-5-11-2/h8-9H,3-7H2,1-2H3. The molecule has 1 aliphatic rings. The summed E-state index contributed by atoms with van der Waals surface area (Å²) in [5.74, 6) is 0.742. The predicted octanol–water partition coefficient (Wildman–Crippen LogP) is 0.949. The molecule has 0 saturated carbocycles. The lowest BCUT2D eigenvalue weighted by Gasteiger charge is -2.13. The van der Waals surface area contributed by atoms with Crippen molar-refractivity contribution in [3.05, 3.63) is 0 Å². The summed E-state index contributed by atoms with van der Waals surface area (Å²) in [5, 5.41) is 0.247. The molecule has 0 aliphatic carbocycles. The third-order valence-electron chi connectivity index (χ3n) is 2.34. The van der Waals surface area contributed by atoms with Crippen molar-refractivity contribution >= 4 is 10.8 Å². The minimum Gasteiger partial charge on any atom is -0.385 e. The summed E-state index contributed by atoms with van der Waals surface area (Å²) in [6.45, 7) is 3.47. The van der Waals surface area contributed by atoms with Gasteiger partial charge in [0.05, 0.1) is 11.4 Å². The molecular formula is C9H18O3S. The van der Waals surface area contributed by atoms with Crippen LogP contribution in [0.3, 0.4) is 0 Å². The van der Waals surface area contributed by atoms with E-state index in [0.29, 0.717) is 6.61 Å². The minimum atomic E-state index is -0.732. The first kappa shape index (κ1) is 11.1. The Morgan fingerprint density at radius 2 is 2.38 bits per heavy atom. The molecule has 0 amide bonds. The summed E-state index contributed by atoms with van der Waals surface area (Å²) in [5.41, 5.74) is 0. The molecule has 0 spiro atoms. The van der Waals surface area contributed by atoms with Crippen molar-refractivity contribution in [3.63, 3.8) is 0 Å². The van der Waals surface area contributed by atoms with Gasteiger partial charge in [-0.2, -0.15) is 0 Å². The molecule has 1 saturated heterocycles. The van der Waals surface area contributed by atoms with Gasteiger partial charge in [-0.15, -0.1) is 0 Å². The highest BCUT2D eigenvalue weighted by Crippen LogP contribution is 2.19. The van der Waals surface area contributed by atoms with Gasteiger partial charge in [-0.05, 0) is 19.8 Å². The Morgan fingerprint density at radius 3 is 2.92 bits per heavy atom. The van der Waals surface area contributed by atoms with Crippen LogP contribution in [0.5, 0.6) is 0 Å². The van der Waals surface area contributed by atoms with Crippen LogP contribution in [0.4, 0.5) is 0 Å². The summed E-state index contributed by atoms with van der Waals surface area (Å²) in [6, 6.07) is 0. The normalized spacial score (nSPS) is 30.6. The number of rotatable bonds is 5. The lowest BCUT2D eigenvalue weighted by Crippen LogP contribution is -2.25. The molecule has 1 heterocycles. The Kier molecular flexibility index (Phi) is 4.91. The Morgan fingerprint density at radius 1 is 1.62 bits per heavy atom. The predicted molar refractivity (Wildman–Crippen MR) is 53.3 cm³/mol. The molecule has 78 valence electrons. The second kappa shape index (κ2) is 5.73. The van der Waals surface area contributed by atoms with Crippen molar-refractivity contribution in [2.45, 2.75) is 31.1 Å². The van der Waals surface area contributed by atoms with E-state index >= 15 is 0 Å². The van der Waals surface area contributed by atoms with Gasteiger partial charge in [0.1, 0.15) is 0 Å². The summed E-state index contributed by atoms with van der Waals surface area (Å²) in [7, 11) is 0.939. The molecule has 0 aromatic carbocycles. The maximum absolute atomic E-state index is 11.7. The summed E-state index contributed by atoms with van der Waals surface area (Å²) >= 11 is 0. The van der Waals surface area contributed by atoms with E-state index in [1.54, 1.807) is 7.11 Å². The van der Waals surface area contributed by atoms with Crippen molar-refractivity contribution in [1.29, 1.82) is 0 Å². The molecule has 4 heteroatoms. The van der Waals surface area contributed by atoms with E-state index in [0.717, 1.165) is 25.2 Å². The molecule has 3 unspecified atom stereocenters. The second-order valence-corrected chi connectivity index (χ2v) is 5.11. The topological polar surface area (TPSA) is 35.5 Å². The molecule has 1 aliphatic heterocycles. The van der Waals surface area contributed by atoms with E-state index in [1.165, 1.54) is 0 Å². The summed E-state index contributed by atoms with van der Waals surface area (Å²) in [4.78, 5) is 0. The van der Waals surface area contributed by atoms with Crippen LogP contribution in [0.2, 0.25) is 0 Å². The smallest absolute Gasteiger partial charge is 0.0691 e. The molecule has 0 N–H and O–H groups in total. The first-order chi connectivity index (χ1) is 6.25. The lowest BCUT2D eigenvalue weighted by atomic mass is 10.3. The van der Waals surface area contributed by atoms with E-state index in [1.807, 2.05) is 6.92 Å². The van der Waals surface area contributed by atoms with Gasteiger partial charge < -0.3 is 9.47 Å². The van der Waals surface area contributed by atoms with Crippen LogP contribution in [0.1, 0.15) is 19.8 Å². The molecule has 0 radical (unpaired) electrons. The van der Waals surface area contributed by atoms with E-state index in [-0.39, 0.29) is 11.4 Å². The maximum atomic E-state index is 11.7. The maximum Gasteiger partial charge on any atom is 0.0691 e. The molecule has 0 bridgehead atoms. The fraction of sp³-hybridized carbons (Fsp3) is 1.00. The molecular weight excluding hydrogens is 188 g/mol. The minimum absolute atomic E-state index is 0.170. The molecule has 13 heavy (non-hydrogen) atoms. The zero-order valence-corrected chi connectivity index (χ0v) is 9.14. The number of hydrogen-bond donors (Lipinski definition) is 0. The number of hydrogen-bond acceptors (Lipinski definition) is 3. The van der Waals surface area contributed by atoms with Gasteiger partial charge in [0.25, 0.3) is 0 Å². The molecule has 1 rings (SSSR count). The third-order valence-corrected chi connectivity index (χ3v) is 4.32. The highest BCUT2D eigenvalue weighted by Gasteiger charge is 2.28. The van der Waals surface area contributed by atoms with Crippen molar-refractivity contribution in [1.82, 2.24) is 0 Å². The fourth-order valence-electron chi connectivity index (χ4n) is 1.55. The van der Waals surface area contributed by atoms with Crippen molar-refractivity contribution < 1.29 is 13.7 Å². The van der Waals surface area contributed by atoms with E-state index in [2.05, 4.69) is 0 Å². The van der Waals surface area contributed by atoms with Gasteiger partial charge in [0.2, 0.25) is 0 Å². The van der Waals surface area contributed by atoms with Gasteiger partial charge in [-0.3, -0.25) is 4.21 Å². The van der Waals surface area contributed by atoms with E-state index in [9.17, 15) is 4.21 Å². The largest absolute Gasteiger partial charge is 0.385 e. The molecule has 3 atom stereocenters. The van der Waals surface area contributed by atoms with Crippen LogP contribution in [0.25, 0.3) is 0 Å². The van der Waals surface area contributed by atoms with Crippen molar-refractivity contribution in [3.8, 4) is 0 Å². The van der Waals surface area contributed by atoms with Gasteiger partial charge in [0, 0.05) is 36.9 Å². The number of ether oxygens (including phenoxy) is 2. The highest BCUT2D eigenvalue weighted by atomic mass is 32.2. The van der Waals surface area contributed by atoms with Crippen LogP contribution >= 0.6 is 0 Å². The second-order valence-electron chi connectivity index (χ2n) is 3.33. The molecule has 1 fully saturated rings. The van der Waals surface area contributed by atoms with Gasteiger partial charge in [-0.25, -0.2) is 0 Å².